The molecule has 0 aliphatic carbocycles. The molecule has 0 aliphatic heterocycles. The molecule has 0 fully saturated rings. The summed E-state index contributed by atoms with van der Waals surface area (Å²) in [7, 11) is 0. The molecule has 0 spiro atoms. The van der Waals surface area contributed by atoms with Crippen molar-refractivity contribution in [3.05, 3.63) is 71.0 Å². The lowest BCUT2D eigenvalue weighted by Crippen LogP contribution is -2.00. The van der Waals surface area contributed by atoms with Gasteiger partial charge in [-0.3, -0.25) is 0 Å². The highest BCUT2D eigenvalue weighted by Gasteiger charge is 2.11. The summed E-state index contributed by atoms with van der Waals surface area (Å²) in [4.78, 5) is 11.3. The Morgan fingerprint density at radius 1 is 1.11 bits per heavy atom. The minimum absolute atomic E-state index is 0.148. The average Bonchev–Trinajstić information content (AvgIpc) is 2.39. The van der Waals surface area contributed by atoms with Gasteiger partial charge in [-0.15, -0.1) is 0 Å². The van der Waals surface area contributed by atoms with Crippen LogP contribution in [0, 0.1) is 12.7 Å². The zero-order chi connectivity index (χ0) is 13.8. The highest BCUT2D eigenvalue weighted by molar-refractivity contribution is 6.20. The molecule has 2 nitrogen and oxygen atoms in total. The average molecular weight is 256 g/mol. The van der Waals surface area contributed by atoms with E-state index in [1.54, 1.807) is 6.08 Å². The molecule has 2 aromatic carbocycles. The minimum Gasteiger partial charge on any atom is -0.478 e. The maximum Gasteiger partial charge on any atom is 0.336 e. The van der Waals surface area contributed by atoms with Crippen LogP contribution in [-0.4, -0.2) is 11.1 Å². The van der Waals surface area contributed by atoms with Crippen LogP contribution < -0.4 is 0 Å². The van der Waals surface area contributed by atoms with Gasteiger partial charge in [-0.05, 0) is 41.8 Å². The molecule has 0 saturated heterocycles. The summed E-state index contributed by atoms with van der Waals surface area (Å²) in [6.45, 7) is 1.91. The Morgan fingerprint density at radius 2 is 1.74 bits per heavy atom. The molecule has 2 rings (SSSR count). The van der Waals surface area contributed by atoms with Gasteiger partial charge in [0.1, 0.15) is 5.82 Å². The van der Waals surface area contributed by atoms with Gasteiger partial charge in [-0.1, -0.05) is 36.4 Å². The molecule has 3 heteroatoms. The van der Waals surface area contributed by atoms with Gasteiger partial charge < -0.3 is 5.11 Å². The van der Waals surface area contributed by atoms with Crippen LogP contribution in [0.1, 0.15) is 16.7 Å². The normalized spacial score (nSPS) is 11.4. The van der Waals surface area contributed by atoms with Crippen molar-refractivity contribution in [3.63, 3.8) is 0 Å². The quantitative estimate of drug-likeness (QED) is 0.670. The molecule has 0 aromatic heterocycles. The standard InChI is InChI=1S/C16H13FO2/c1-11-4-2-3-5-13(11)10-15(16(18)19)12-6-8-14(17)9-7-12/h2-10H,1H3,(H,18,19)/b15-10+. The molecule has 0 bridgehead atoms. The first kappa shape index (κ1) is 13.0. The van der Waals surface area contributed by atoms with Gasteiger partial charge in [0, 0.05) is 0 Å². The molecule has 2 aromatic rings. The van der Waals surface area contributed by atoms with Gasteiger partial charge >= 0.3 is 5.97 Å². The number of carboxylic acids is 1. The number of hydrogen-bond donors (Lipinski definition) is 1. The summed E-state index contributed by atoms with van der Waals surface area (Å²) in [5.74, 6) is -1.42. The summed E-state index contributed by atoms with van der Waals surface area (Å²) in [6.07, 6.45) is 1.60. The smallest absolute Gasteiger partial charge is 0.336 e. The summed E-state index contributed by atoms with van der Waals surface area (Å²) < 4.78 is 12.9. The zero-order valence-electron chi connectivity index (χ0n) is 10.4. The fourth-order valence-electron chi connectivity index (χ4n) is 1.80. The van der Waals surface area contributed by atoms with E-state index in [0.29, 0.717) is 5.56 Å². The number of carboxylic acid groups (broad SMARTS) is 1. The van der Waals surface area contributed by atoms with Crippen LogP contribution in [0.2, 0.25) is 0 Å². The van der Waals surface area contributed by atoms with E-state index in [1.165, 1.54) is 24.3 Å². The van der Waals surface area contributed by atoms with E-state index in [9.17, 15) is 14.3 Å². The van der Waals surface area contributed by atoms with Crippen molar-refractivity contribution < 1.29 is 14.3 Å². The molecule has 0 radical (unpaired) electrons. The molecule has 0 amide bonds. The van der Waals surface area contributed by atoms with Gasteiger partial charge in [-0.25, -0.2) is 9.18 Å². The van der Waals surface area contributed by atoms with Gasteiger partial charge in [-0.2, -0.15) is 0 Å². The van der Waals surface area contributed by atoms with Crippen molar-refractivity contribution in [2.75, 3.05) is 0 Å². The SMILES string of the molecule is Cc1ccccc1/C=C(/C(=O)O)c1ccc(F)cc1. The van der Waals surface area contributed by atoms with E-state index >= 15 is 0 Å². The Labute approximate surface area is 110 Å². The number of benzene rings is 2. The third kappa shape index (κ3) is 3.07. The predicted molar refractivity (Wildman–Crippen MR) is 73.1 cm³/mol. The van der Waals surface area contributed by atoms with Crippen LogP contribution in [0.15, 0.2) is 48.5 Å². The van der Waals surface area contributed by atoms with E-state index < -0.39 is 5.97 Å². The first-order valence-corrected chi connectivity index (χ1v) is 5.84. The van der Waals surface area contributed by atoms with Crippen LogP contribution in [0.4, 0.5) is 4.39 Å². The molecule has 0 atom stereocenters. The Balaban J connectivity index is 2.50. The van der Waals surface area contributed by atoms with Crippen molar-refractivity contribution >= 4 is 17.6 Å². The molecule has 0 unspecified atom stereocenters. The monoisotopic (exact) mass is 256 g/mol. The molecular formula is C16H13FO2. The number of carbonyl (C=O) groups is 1. The fourth-order valence-corrected chi connectivity index (χ4v) is 1.80. The van der Waals surface area contributed by atoms with Crippen LogP contribution >= 0.6 is 0 Å². The summed E-state index contributed by atoms with van der Waals surface area (Å²) >= 11 is 0. The highest BCUT2D eigenvalue weighted by Crippen LogP contribution is 2.20. The van der Waals surface area contributed by atoms with E-state index in [4.69, 9.17) is 0 Å². The van der Waals surface area contributed by atoms with Gasteiger partial charge in [0.05, 0.1) is 5.57 Å². The van der Waals surface area contributed by atoms with Gasteiger partial charge in [0.15, 0.2) is 0 Å². The lowest BCUT2D eigenvalue weighted by molar-refractivity contribution is -0.130. The maximum absolute atomic E-state index is 12.9. The second-order valence-electron chi connectivity index (χ2n) is 4.23. The maximum atomic E-state index is 12.9. The number of aliphatic carboxylic acids is 1. The third-order valence-electron chi connectivity index (χ3n) is 2.87. The highest BCUT2D eigenvalue weighted by atomic mass is 19.1. The minimum atomic E-state index is -1.03. The summed E-state index contributed by atoms with van der Waals surface area (Å²) in [5, 5.41) is 9.29. The lowest BCUT2D eigenvalue weighted by Gasteiger charge is -2.05. The van der Waals surface area contributed by atoms with Crippen molar-refractivity contribution in [2.24, 2.45) is 0 Å². The molecule has 1 N–H and O–H groups in total. The zero-order valence-corrected chi connectivity index (χ0v) is 10.4. The molecule has 19 heavy (non-hydrogen) atoms. The first-order valence-electron chi connectivity index (χ1n) is 5.84. The largest absolute Gasteiger partial charge is 0.478 e. The van der Waals surface area contributed by atoms with Crippen LogP contribution in [0.5, 0.6) is 0 Å². The Kier molecular flexibility index (Phi) is 3.76. The van der Waals surface area contributed by atoms with Crippen molar-refractivity contribution in [2.45, 2.75) is 6.92 Å². The third-order valence-corrected chi connectivity index (χ3v) is 2.87. The Morgan fingerprint density at radius 3 is 2.32 bits per heavy atom. The van der Waals surface area contributed by atoms with E-state index in [-0.39, 0.29) is 11.4 Å². The van der Waals surface area contributed by atoms with E-state index in [1.807, 2.05) is 31.2 Å². The second kappa shape index (κ2) is 5.48. The van der Waals surface area contributed by atoms with E-state index in [2.05, 4.69) is 0 Å². The number of hydrogen-bond acceptors (Lipinski definition) is 1. The Hall–Kier alpha value is -2.42. The Bertz CT molecular complexity index is 627. The second-order valence-corrected chi connectivity index (χ2v) is 4.23. The summed E-state index contributed by atoms with van der Waals surface area (Å²) in [5.41, 5.74) is 2.46. The van der Waals surface area contributed by atoms with Crippen LogP contribution in [0.25, 0.3) is 11.6 Å². The summed E-state index contributed by atoms with van der Waals surface area (Å²) in [6, 6.07) is 12.9. The topological polar surface area (TPSA) is 37.3 Å². The number of rotatable bonds is 3. The van der Waals surface area contributed by atoms with Crippen LogP contribution in [0.3, 0.4) is 0 Å². The van der Waals surface area contributed by atoms with Crippen molar-refractivity contribution in [1.82, 2.24) is 0 Å². The molecule has 96 valence electrons. The molecule has 0 aliphatic rings. The van der Waals surface area contributed by atoms with Gasteiger partial charge in [0.25, 0.3) is 0 Å². The number of aryl methyl sites for hydroxylation is 1. The van der Waals surface area contributed by atoms with Crippen molar-refractivity contribution in [3.8, 4) is 0 Å². The van der Waals surface area contributed by atoms with Crippen molar-refractivity contribution in [1.29, 1.82) is 0 Å². The van der Waals surface area contributed by atoms with Crippen LogP contribution in [-0.2, 0) is 4.79 Å². The van der Waals surface area contributed by atoms with E-state index in [0.717, 1.165) is 11.1 Å². The molecule has 0 heterocycles. The fraction of sp³-hybridized carbons (Fsp3) is 0.0625. The lowest BCUT2D eigenvalue weighted by atomic mass is 10.0. The molecule has 0 saturated carbocycles. The molecular weight excluding hydrogens is 243 g/mol. The van der Waals surface area contributed by atoms with Gasteiger partial charge in [0.2, 0.25) is 0 Å². The first-order chi connectivity index (χ1) is 9.08. The number of halogens is 1. The predicted octanol–water partition coefficient (Wildman–Crippen LogP) is 3.76.